The highest BCUT2D eigenvalue weighted by molar-refractivity contribution is 5.94. The summed E-state index contributed by atoms with van der Waals surface area (Å²) in [6.45, 7) is 6.14. The number of carbonyl (C=O) groups excluding carboxylic acids is 2. The number of piperidine rings is 1. The maximum absolute atomic E-state index is 13.9. The van der Waals surface area contributed by atoms with Gasteiger partial charge < -0.3 is 15.1 Å². The molecule has 2 aromatic rings. The van der Waals surface area contributed by atoms with Crippen molar-refractivity contribution in [2.75, 3.05) is 32.5 Å². The van der Waals surface area contributed by atoms with Gasteiger partial charge >= 0.3 is 6.18 Å². The third-order valence-corrected chi connectivity index (χ3v) is 8.85. The number of hydrogen-bond donors (Lipinski definition) is 1. The maximum atomic E-state index is 13.9. The van der Waals surface area contributed by atoms with Crippen LogP contribution in [0.4, 0.5) is 24.8 Å². The number of likely N-dealkylation sites (tertiary alicyclic amines) is 1. The monoisotopic (exact) mass is 587 g/mol. The molecule has 2 heterocycles. The second kappa shape index (κ2) is 14.0. The molecular formula is C32H44F3N5O2. The van der Waals surface area contributed by atoms with Crippen LogP contribution in [0.2, 0.25) is 0 Å². The van der Waals surface area contributed by atoms with Crippen LogP contribution in [0.5, 0.6) is 0 Å². The van der Waals surface area contributed by atoms with Crippen LogP contribution >= 0.6 is 0 Å². The summed E-state index contributed by atoms with van der Waals surface area (Å²) in [7, 11) is 3.91. The van der Waals surface area contributed by atoms with E-state index in [-0.39, 0.29) is 47.6 Å². The van der Waals surface area contributed by atoms with Crippen molar-refractivity contribution in [1.82, 2.24) is 19.8 Å². The molecule has 230 valence electrons. The molecule has 2 aliphatic rings. The molecule has 7 nitrogen and oxygen atoms in total. The quantitative estimate of drug-likeness (QED) is 0.313. The molecule has 4 rings (SSSR count). The number of rotatable bonds is 11. The summed E-state index contributed by atoms with van der Waals surface area (Å²) in [5.74, 6) is 0.290. The Bertz CT molecular complexity index is 1210. The summed E-state index contributed by atoms with van der Waals surface area (Å²) in [5.41, 5.74) is 0.168. The molecule has 0 radical (unpaired) electrons. The van der Waals surface area contributed by atoms with Crippen LogP contribution in [0.3, 0.4) is 0 Å². The zero-order chi connectivity index (χ0) is 30.4. The highest BCUT2D eigenvalue weighted by Gasteiger charge is 2.38. The van der Waals surface area contributed by atoms with E-state index in [1.165, 1.54) is 0 Å². The van der Waals surface area contributed by atoms with E-state index < -0.39 is 11.7 Å². The van der Waals surface area contributed by atoms with Gasteiger partial charge in [-0.3, -0.25) is 9.59 Å². The molecule has 0 spiro atoms. The van der Waals surface area contributed by atoms with Crippen LogP contribution in [0.25, 0.3) is 0 Å². The van der Waals surface area contributed by atoms with Gasteiger partial charge in [-0.2, -0.15) is 13.2 Å². The molecule has 2 atom stereocenters. The first-order valence-electron chi connectivity index (χ1n) is 15.2. The minimum Gasteiger partial charge on any atom is -0.339 e. The fourth-order valence-corrected chi connectivity index (χ4v) is 6.27. The number of Topliss-reactive ketones (excluding diaryl/α,β-unsaturated/α-hetero) is 1. The fraction of sp³-hybridized carbons (Fsp3) is 0.625. The van der Waals surface area contributed by atoms with Gasteiger partial charge in [0.25, 0.3) is 5.91 Å². The predicted octanol–water partition coefficient (Wildman–Crippen LogP) is 6.76. The second-order valence-corrected chi connectivity index (χ2v) is 12.5. The second-order valence-electron chi connectivity index (χ2n) is 12.5. The van der Waals surface area contributed by atoms with E-state index in [2.05, 4.69) is 41.1 Å². The Balaban J connectivity index is 1.44. The van der Waals surface area contributed by atoms with Gasteiger partial charge in [0.15, 0.2) is 0 Å². The van der Waals surface area contributed by atoms with E-state index in [4.69, 9.17) is 0 Å². The lowest BCUT2D eigenvalue weighted by Gasteiger charge is -2.35. The Morgan fingerprint density at radius 3 is 2.43 bits per heavy atom. The standard InChI is InChI=1S/C32H44F3N5O2/c1-21(2)7-5-10-29(41)26-9-6-8-23(26)19-28-27(32(33,34)35)20-36-31(38-28)37-24-13-11-22(12-14-24)30(42)40(4)25-15-17-39(3)18-16-25/h11-14,20-21,23,25-26H,5-10,15-19H2,1-4H3,(H,36,37,38)/t23-,26-/m0/s1. The molecule has 1 aromatic heterocycles. The third-order valence-electron chi connectivity index (χ3n) is 8.85. The first-order valence-corrected chi connectivity index (χ1v) is 15.2. The minimum atomic E-state index is -4.59. The van der Waals surface area contributed by atoms with Crippen LogP contribution in [-0.2, 0) is 17.4 Å². The number of halogens is 3. The molecule has 1 N–H and O–H groups in total. The van der Waals surface area contributed by atoms with Gasteiger partial charge in [-0.1, -0.05) is 26.7 Å². The maximum Gasteiger partial charge on any atom is 0.419 e. The number of carbonyl (C=O) groups is 2. The molecule has 1 saturated carbocycles. The molecular weight excluding hydrogens is 543 g/mol. The van der Waals surface area contributed by atoms with E-state index in [0.29, 0.717) is 30.0 Å². The summed E-state index contributed by atoms with van der Waals surface area (Å²) in [6, 6.07) is 7.02. The van der Waals surface area contributed by atoms with E-state index >= 15 is 0 Å². The molecule has 10 heteroatoms. The lowest BCUT2D eigenvalue weighted by atomic mass is 9.85. The normalized spacial score (nSPS) is 20.2. The number of nitrogens with zero attached hydrogens (tertiary/aromatic N) is 4. The van der Waals surface area contributed by atoms with Crippen LogP contribution < -0.4 is 5.32 Å². The molecule has 0 unspecified atom stereocenters. The third kappa shape index (κ3) is 8.30. The first-order chi connectivity index (χ1) is 19.9. The smallest absolute Gasteiger partial charge is 0.339 e. The van der Waals surface area contributed by atoms with Crippen LogP contribution in [0.1, 0.15) is 86.8 Å². The van der Waals surface area contributed by atoms with Crippen molar-refractivity contribution in [3.05, 3.63) is 47.3 Å². The average Bonchev–Trinajstić information content (AvgIpc) is 3.40. The molecule has 0 bridgehead atoms. The van der Waals surface area contributed by atoms with Crippen LogP contribution in [0.15, 0.2) is 30.5 Å². The number of amides is 1. The Labute approximate surface area is 247 Å². The minimum absolute atomic E-state index is 0.0540. The lowest BCUT2D eigenvalue weighted by Crippen LogP contribution is -2.44. The topological polar surface area (TPSA) is 78.4 Å². The van der Waals surface area contributed by atoms with E-state index in [1.54, 1.807) is 29.2 Å². The van der Waals surface area contributed by atoms with Crippen molar-refractivity contribution in [3.8, 4) is 0 Å². The molecule has 1 aromatic carbocycles. The summed E-state index contributed by atoms with van der Waals surface area (Å²) in [5, 5.41) is 3.00. The van der Waals surface area contributed by atoms with E-state index in [0.717, 1.165) is 57.8 Å². The van der Waals surface area contributed by atoms with Crippen LogP contribution in [0, 0.1) is 17.8 Å². The highest BCUT2D eigenvalue weighted by Crippen LogP contribution is 2.39. The number of ketones is 1. The average molecular weight is 588 g/mol. The van der Waals surface area contributed by atoms with Gasteiger partial charge in [0.2, 0.25) is 5.95 Å². The highest BCUT2D eigenvalue weighted by atomic mass is 19.4. The Morgan fingerprint density at radius 1 is 1.10 bits per heavy atom. The predicted molar refractivity (Wildman–Crippen MR) is 158 cm³/mol. The molecule has 1 saturated heterocycles. The molecule has 1 amide bonds. The zero-order valence-electron chi connectivity index (χ0n) is 25.2. The number of alkyl halides is 3. The largest absolute Gasteiger partial charge is 0.419 e. The summed E-state index contributed by atoms with van der Waals surface area (Å²) >= 11 is 0. The fourth-order valence-electron chi connectivity index (χ4n) is 6.27. The molecule has 2 fully saturated rings. The van der Waals surface area contributed by atoms with Gasteiger partial charge in [-0.15, -0.1) is 0 Å². The number of aromatic nitrogens is 2. The summed E-state index contributed by atoms with van der Waals surface area (Å²) in [6.07, 6.45) is 2.71. The number of hydrogen-bond acceptors (Lipinski definition) is 6. The van der Waals surface area contributed by atoms with Gasteiger partial charge in [0, 0.05) is 42.9 Å². The van der Waals surface area contributed by atoms with Gasteiger partial charge in [0.05, 0.1) is 11.3 Å². The van der Waals surface area contributed by atoms with Crippen molar-refractivity contribution in [2.24, 2.45) is 17.8 Å². The first kappa shape index (κ1) is 31.9. The zero-order valence-corrected chi connectivity index (χ0v) is 25.2. The molecule has 1 aliphatic carbocycles. The SMILES string of the molecule is CC(C)CCCC(=O)[C@H]1CCC[C@H]1Cc1nc(Nc2ccc(C(=O)N(C)C3CCN(C)CC3)cc2)ncc1C(F)(F)F. The van der Waals surface area contributed by atoms with E-state index in [1.807, 2.05) is 7.05 Å². The van der Waals surface area contributed by atoms with Crippen molar-refractivity contribution in [1.29, 1.82) is 0 Å². The Kier molecular flexibility index (Phi) is 10.6. The van der Waals surface area contributed by atoms with Crippen LogP contribution in [-0.4, -0.2) is 64.7 Å². The Morgan fingerprint density at radius 2 is 1.79 bits per heavy atom. The van der Waals surface area contributed by atoms with Gasteiger partial charge in [-0.25, -0.2) is 9.97 Å². The summed E-state index contributed by atoms with van der Waals surface area (Å²) in [4.78, 5) is 38.3. The summed E-state index contributed by atoms with van der Waals surface area (Å²) < 4.78 is 41.7. The van der Waals surface area contributed by atoms with Crippen molar-refractivity contribution in [3.63, 3.8) is 0 Å². The number of benzene rings is 1. The number of anilines is 2. The molecule has 1 aliphatic heterocycles. The Hall–Kier alpha value is -3.01. The van der Waals surface area contributed by atoms with Gasteiger partial charge in [0.1, 0.15) is 5.78 Å². The lowest BCUT2D eigenvalue weighted by molar-refractivity contribution is -0.138. The molecule has 42 heavy (non-hydrogen) atoms. The van der Waals surface area contributed by atoms with Crippen molar-refractivity contribution < 1.29 is 22.8 Å². The number of nitrogens with one attached hydrogen (secondary N) is 1. The van der Waals surface area contributed by atoms with Crippen molar-refractivity contribution >= 4 is 23.3 Å². The van der Waals surface area contributed by atoms with Gasteiger partial charge in [-0.05, 0) is 94.8 Å². The van der Waals surface area contributed by atoms with E-state index in [9.17, 15) is 22.8 Å². The van der Waals surface area contributed by atoms with Crippen molar-refractivity contribution in [2.45, 2.75) is 83.9 Å².